The van der Waals surface area contributed by atoms with E-state index in [1.807, 2.05) is 0 Å². The van der Waals surface area contributed by atoms with Crippen LogP contribution in [0.4, 0.5) is 0 Å². The van der Waals surface area contributed by atoms with Gasteiger partial charge < -0.3 is 9.84 Å². The second kappa shape index (κ2) is 6.34. The molecule has 2 atom stereocenters. The average molecular weight is 252 g/mol. The van der Waals surface area contributed by atoms with E-state index in [0.717, 1.165) is 31.4 Å². The quantitative estimate of drug-likeness (QED) is 0.873. The van der Waals surface area contributed by atoms with Gasteiger partial charge in [-0.15, -0.1) is 0 Å². The van der Waals surface area contributed by atoms with Crippen LogP contribution in [0.5, 0.6) is 0 Å². The molecule has 18 heavy (non-hydrogen) atoms. The second-order valence-corrected chi connectivity index (χ2v) is 5.15. The zero-order valence-corrected chi connectivity index (χ0v) is 11.4. The molecule has 2 heterocycles. The van der Waals surface area contributed by atoms with Crippen LogP contribution in [-0.2, 0) is 11.2 Å². The van der Waals surface area contributed by atoms with E-state index in [4.69, 9.17) is 4.74 Å². The molecule has 1 aliphatic heterocycles. The van der Waals surface area contributed by atoms with Crippen LogP contribution in [0, 0.1) is 5.92 Å². The fraction of sp³-hybridized carbons (Fsp3) is 0.786. The summed E-state index contributed by atoms with van der Waals surface area (Å²) in [5.41, 5.74) is 1.07. The third-order valence-electron chi connectivity index (χ3n) is 3.89. The van der Waals surface area contributed by atoms with Crippen LogP contribution in [0.2, 0.25) is 0 Å². The molecule has 4 nitrogen and oxygen atoms in total. The largest absolute Gasteiger partial charge is 0.393 e. The monoisotopic (exact) mass is 252 g/mol. The van der Waals surface area contributed by atoms with E-state index in [-0.39, 0.29) is 12.0 Å². The molecule has 1 fully saturated rings. The molecule has 0 radical (unpaired) electrons. The number of rotatable bonds is 5. The summed E-state index contributed by atoms with van der Waals surface area (Å²) in [7, 11) is 0. The van der Waals surface area contributed by atoms with E-state index in [1.165, 1.54) is 0 Å². The Kier molecular flexibility index (Phi) is 4.78. The Balaban J connectivity index is 1.97. The molecule has 1 aromatic heterocycles. The molecule has 1 N–H and O–H groups in total. The van der Waals surface area contributed by atoms with Crippen LogP contribution in [0.3, 0.4) is 0 Å². The van der Waals surface area contributed by atoms with Gasteiger partial charge in [-0.1, -0.05) is 13.8 Å². The third kappa shape index (κ3) is 3.12. The maximum absolute atomic E-state index is 9.92. The number of aliphatic hydroxyl groups excluding tert-OH is 1. The first-order valence-corrected chi connectivity index (χ1v) is 7.04. The summed E-state index contributed by atoms with van der Waals surface area (Å²) >= 11 is 0. The highest BCUT2D eigenvalue weighted by Crippen LogP contribution is 2.20. The van der Waals surface area contributed by atoms with Crippen LogP contribution in [0.1, 0.15) is 44.8 Å². The summed E-state index contributed by atoms with van der Waals surface area (Å²) < 4.78 is 7.49. The van der Waals surface area contributed by atoms with E-state index in [2.05, 4.69) is 35.9 Å². The minimum atomic E-state index is -0.239. The highest BCUT2D eigenvalue weighted by Gasteiger charge is 2.24. The Morgan fingerprint density at radius 1 is 1.50 bits per heavy atom. The summed E-state index contributed by atoms with van der Waals surface area (Å²) in [5, 5.41) is 14.6. The zero-order valence-electron chi connectivity index (χ0n) is 11.4. The maximum Gasteiger partial charge on any atom is 0.0629 e. The standard InChI is InChI=1S/C14H24N2O2/c1-3-13(4-2)16-7-5-12(15-16)9-11-10-18-8-6-14(11)17/h5,7,11,13-14,17H,3-4,6,8-10H2,1-2H3. The van der Waals surface area contributed by atoms with Crippen molar-refractivity contribution in [1.29, 1.82) is 0 Å². The van der Waals surface area contributed by atoms with Crippen molar-refractivity contribution in [3.63, 3.8) is 0 Å². The van der Waals surface area contributed by atoms with E-state index in [9.17, 15) is 5.11 Å². The van der Waals surface area contributed by atoms with Gasteiger partial charge in [0.1, 0.15) is 0 Å². The van der Waals surface area contributed by atoms with Crippen molar-refractivity contribution >= 4 is 0 Å². The Hall–Kier alpha value is -0.870. The lowest BCUT2D eigenvalue weighted by molar-refractivity contribution is -0.0354. The fourth-order valence-electron chi connectivity index (χ4n) is 2.60. The Bertz CT molecular complexity index is 360. The Labute approximate surface area is 109 Å². The molecular weight excluding hydrogens is 228 g/mol. The van der Waals surface area contributed by atoms with Gasteiger partial charge in [0.05, 0.1) is 24.4 Å². The molecule has 0 aliphatic carbocycles. The minimum absolute atomic E-state index is 0.198. The number of nitrogens with zero attached hydrogens (tertiary/aromatic N) is 2. The van der Waals surface area contributed by atoms with Crippen molar-refractivity contribution in [2.75, 3.05) is 13.2 Å². The van der Waals surface area contributed by atoms with Gasteiger partial charge in [0.2, 0.25) is 0 Å². The number of hydrogen-bond acceptors (Lipinski definition) is 3. The first kappa shape index (κ1) is 13.6. The third-order valence-corrected chi connectivity index (χ3v) is 3.89. The summed E-state index contributed by atoms with van der Waals surface area (Å²) in [4.78, 5) is 0. The van der Waals surface area contributed by atoms with Crippen molar-refractivity contribution < 1.29 is 9.84 Å². The van der Waals surface area contributed by atoms with Gasteiger partial charge in [-0.2, -0.15) is 5.10 Å². The van der Waals surface area contributed by atoms with E-state index in [0.29, 0.717) is 19.3 Å². The smallest absolute Gasteiger partial charge is 0.0629 e. The number of ether oxygens (including phenoxy) is 1. The minimum Gasteiger partial charge on any atom is -0.393 e. The van der Waals surface area contributed by atoms with E-state index < -0.39 is 0 Å². The highest BCUT2D eigenvalue weighted by atomic mass is 16.5. The lowest BCUT2D eigenvalue weighted by atomic mass is 9.94. The highest BCUT2D eigenvalue weighted by molar-refractivity contribution is 5.02. The normalized spacial score (nSPS) is 24.7. The molecule has 1 aliphatic rings. The predicted molar refractivity (Wildman–Crippen MR) is 70.5 cm³/mol. The maximum atomic E-state index is 9.92. The van der Waals surface area contributed by atoms with Crippen LogP contribution in [-0.4, -0.2) is 34.2 Å². The molecule has 2 rings (SSSR count). The van der Waals surface area contributed by atoms with Crippen LogP contribution in [0.25, 0.3) is 0 Å². The number of aliphatic hydroxyl groups is 1. The molecule has 1 saturated heterocycles. The topological polar surface area (TPSA) is 47.3 Å². The average Bonchev–Trinajstić information content (AvgIpc) is 2.82. The lowest BCUT2D eigenvalue weighted by Gasteiger charge is -2.27. The van der Waals surface area contributed by atoms with E-state index >= 15 is 0 Å². The van der Waals surface area contributed by atoms with Crippen LogP contribution < -0.4 is 0 Å². The molecule has 0 bridgehead atoms. The summed E-state index contributed by atoms with van der Waals surface area (Å²) in [6.07, 6.45) is 5.59. The summed E-state index contributed by atoms with van der Waals surface area (Å²) in [5.74, 6) is 0.198. The summed E-state index contributed by atoms with van der Waals surface area (Å²) in [6, 6.07) is 2.56. The lowest BCUT2D eigenvalue weighted by Crippen LogP contribution is -2.33. The van der Waals surface area contributed by atoms with Crippen LogP contribution >= 0.6 is 0 Å². The molecule has 0 aromatic carbocycles. The molecule has 0 saturated carbocycles. The van der Waals surface area contributed by atoms with Gasteiger partial charge in [0, 0.05) is 18.7 Å². The first-order chi connectivity index (χ1) is 8.74. The number of hydrogen-bond donors (Lipinski definition) is 1. The van der Waals surface area contributed by atoms with Crippen molar-refractivity contribution in [1.82, 2.24) is 9.78 Å². The van der Waals surface area contributed by atoms with Crippen molar-refractivity contribution in [3.8, 4) is 0 Å². The SMILES string of the molecule is CCC(CC)n1ccc(CC2COCCC2O)n1. The molecule has 102 valence electrons. The Morgan fingerprint density at radius 2 is 2.28 bits per heavy atom. The van der Waals surface area contributed by atoms with Gasteiger partial charge in [-0.25, -0.2) is 0 Å². The second-order valence-electron chi connectivity index (χ2n) is 5.15. The van der Waals surface area contributed by atoms with Crippen molar-refractivity contribution in [2.45, 2.75) is 51.7 Å². The van der Waals surface area contributed by atoms with Gasteiger partial charge >= 0.3 is 0 Å². The van der Waals surface area contributed by atoms with Gasteiger partial charge in [0.25, 0.3) is 0 Å². The zero-order chi connectivity index (χ0) is 13.0. The van der Waals surface area contributed by atoms with Crippen molar-refractivity contribution in [2.24, 2.45) is 5.92 Å². The Morgan fingerprint density at radius 3 is 2.94 bits per heavy atom. The van der Waals surface area contributed by atoms with Gasteiger partial charge in [0.15, 0.2) is 0 Å². The molecule has 4 heteroatoms. The van der Waals surface area contributed by atoms with Gasteiger partial charge in [-0.3, -0.25) is 4.68 Å². The molecule has 1 aromatic rings. The fourth-order valence-corrected chi connectivity index (χ4v) is 2.60. The van der Waals surface area contributed by atoms with E-state index in [1.54, 1.807) is 0 Å². The van der Waals surface area contributed by atoms with Gasteiger partial charge in [-0.05, 0) is 31.7 Å². The number of aromatic nitrogens is 2. The van der Waals surface area contributed by atoms with Crippen molar-refractivity contribution in [3.05, 3.63) is 18.0 Å². The van der Waals surface area contributed by atoms with Crippen LogP contribution in [0.15, 0.2) is 12.3 Å². The molecule has 2 unspecified atom stereocenters. The summed E-state index contributed by atoms with van der Waals surface area (Å²) in [6.45, 7) is 5.71. The molecule has 0 spiro atoms. The molecule has 0 amide bonds. The predicted octanol–water partition coefficient (Wildman–Crippen LogP) is 2.18. The first-order valence-electron chi connectivity index (χ1n) is 7.04. The molecular formula is C14H24N2O2.